The van der Waals surface area contributed by atoms with E-state index in [4.69, 9.17) is 4.74 Å². The number of nitrogens with one attached hydrogen (secondary N) is 1. The molecule has 2 saturated heterocycles. The van der Waals surface area contributed by atoms with Crippen LogP contribution in [-0.2, 0) is 22.7 Å². The minimum atomic E-state index is -0.543. The number of amides is 2. The molecule has 3 aromatic rings. The van der Waals surface area contributed by atoms with Gasteiger partial charge in [0.2, 0.25) is 11.8 Å². The summed E-state index contributed by atoms with van der Waals surface area (Å²) < 4.78 is 5.28. The van der Waals surface area contributed by atoms with Crippen molar-refractivity contribution in [2.24, 2.45) is 5.92 Å². The predicted octanol–water partition coefficient (Wildman–Crippen LogP) is 3.31. The van der Waals surface area contributed by atoms with Gasteiger partial charge < -0.3 is 4.74 Å². The SMILES string of the molecule is COc1ccc([C@@H]2NN(Cc3ccccc3)[C@@H]3C(=O)N(Cc4ccccc4)C(=O)[C@H]32)cc1. The Labute approximate surface area is 187 Å². The third kappa shape index (κ3) is 3.68. The average molecular weight is 428 g/mol. The number of hydrogen-bond donors (Lipinski definition) is 1. The molecular weight excluding hydrogens is 402 g/mol. The van der Waals surface area contributed by atoms with Gasteiger partial charge in [-0.25, -0.2) is 10.4 Å². The first kappa shape index (κ1) is 20.4. The smallest absolute Gasteiger partial charge is 0.249 e. The second kappa shape index (κ2) is 8.57. The summed E-state index contributed by atoms with van der Waals surface area (Å²) in [5.74, 6) is -0.0108. The van der Waals surface area contributed by atoms with Crippen molar-refractivity contribution in [1.29, 1.82) is 0 Å². The molecule has 3 aromatic carbocycles. The summed E-state index contributed by atoms with van der Waals surface area (Å²) in [6.45, 7) is 0.826. The molecule has 0 spiro atoms. The Morgan fingerprint density at radius 2 is 1.38 bits per heavy atom. The summed E-state index contributed by atoms with van der Waals surface area (Å²) in [4.78, 5) is 28.4. The van der Waals surface area contributed by atoms with Gasteiger partial charge in [0, 0.05) is 6.54 Å². The summed E-state index contributed by atoms with van der Waals surface area (Å²) in [5, 5.41) is 1.93. The number of carbonyl (C=O) groups excluding carboxylic acids is 2. The first-order valence-corrected chi connectivity index (χ1v) is 10.8. The fraction of sp³-hybridized carbons (Fsp3) is 0.231. The second-order valence-electron chi connectivity index (χ2n) is 8.21. The fourth-order valence-corrected chi connectivity index (χ4v) is 4.67. The monoisotopic (exact) mass is 427 g/mol. The molecule has 2 aliphatic rings. The molecule has 2 amide bonds. The van der Waals surface area contributed by atoms with Gasteiger partial charge in [0.1, 0.15) is 11.8 Å². The van der Waals surface area contributed by atoms with Crippen molar-refractivity contribution in [2.75, 3.05) is 7.11 Å². The molecule has 1 N–H and O–H groups in total. The molecule has 162 valence electrons. The Morgan fingerprint density at radius 1 is 0.781 bits per heavy atom. The van der Waals surface area contributed by atoms with Gasteiger partial charge >= 0.3 is 0 Å². The molecule has 2 aliphatic heterocycles. The number of methoxy groups -OCH3 is 1. The van der Waals surface area contributed by atoms with Crippen LogP contribution in [0, 0.1) is 5.92 Å². The molecular formula is C26H25N3O3. The van der Waals surface area contributed by atoms with Crippen LogP contribution in [0.3, 0.4) is 0 Å². The number of imide groups is 1. The van der Waals surface area contributed by atoms with Crippen LogP contribution >= 0.6 is 0 Å². The summed E-state index contributed by atoms with van der Waals surface area (Å²) >= 11 is 0. The Balaban J connectivity index is 1.48. The molecule has 0 radical (unpaired) electrons. The van der Waals surface area contributed by atoms with E-state index in [-0.39, 0.29) is 17.9 Å². The van der Waals surface area contributed by atoms with Crippen molar-refractivity contribution in [3.8, 4) is 5.75 Å². The van der Waals surface area contributed by atoms with Crippen LogP contribution in [0.5, 0.6) is 5.75 Å². The number of fused-ring (bicyclic) bond motifs is 1. The highest BCUT2D eigenvalue weighted by Gasteiger charge is 2.58. The van der Waals surface area contributed by atoms with Crippen LogP contribution < -0.4 is 10.2 Å². The lowest BCUT2D eigenvalue weighted by Crippen LogP contribution is -2.44. The van der Waals surface area contributed by atoms with E-state index in [1.165, 1.54) is 4.90 Å². The Kier molecular flexibility index (Phi) is 5.47. The van der Waals surface area contributed by atoms with Crippen LogP contribution in [0.1, 0.15) is 22.7 Å². The number of likely N-dealkylation sites (tertiary alicyclic amines) is 1. The first-order valence-electron chi connectivity index (χ1n) is 10.8. The molecule has 0 aliphatic carbocycles. The molecule has 0 bridgehead atoms. The Hall–Kier alpha value is -3.48. The van der Waals surface area contributed by atoms with Crippen LogP contribution in [0.15, 0.2) is 84.9 Å². The lowest BCUT2D eigenvalue weighted by molar-refractivity contribution is -0.142. The molecule has 3 atom stereocenters. The normalized spacial score (nSPS) is 22.9. The lowest BCUT2D eigenvalue weighted by Gasteiger charge is -2.25. The Bertz CT molecular complexity index is 1100. The highest BCUT2D eigenvalue weighted by atomic mass is 16.5. The van der Waals surface area contributed by atoms with Crippen molar-refractivity contribution >= 4 is 11.8 Å². The fourth-order valence-electron chi connectivity index (χ4n) is 4.67. The van der Waals surface area contributed by atoms with Crippen molar-refractivity contribution < 1.29 is 14.3 Å². The van der Waals surface area contributed by atoms with Gasteiger partial charge in [-0.2, -0.15) is 0 Å². The van der Waals surface area contributed by atoms with Gasteiger partial charge in [0.25, 0.3) is 0 Å². The van der Waals surface area contributed by atoms with E-state index in [0.717, 1.165) is 22.4 Å². The van der Waals surface area contributed by atoms with E-state index in [2.05, 4.69) is 5.43 Å². The molecule has 32 heavy (non-hydrogen) atoms. The number of hydrogen-bond acceptors (Lipinski definition) is 5. The molecule has 0 unspecified atom stereocenters. The number of ether oxygens (including phenoxy) is 1. The van der Waals surface area contributed by atoms with Gasteiger partial charge in [-0.3, -0.25) is 14.5 Å². The third-order valence-electron chi connectivity index (χ3n) is 6.26. The number of benzene rings is 3. The van der Waals surface area contributed by atoms with Crippen LogP contribution in [0.2, 0.25) is 0 Å². The molecule has 6 nitrogen and oxygen atoms in total. The maximum absolute atomic E-state index is 13.5. The highest BCUT2D eigenvalue weighted by molar-refractivity contribution is 6.07. The minimum Gasteiger partial charge on any atom is -0.497 e. The van der Waals surface area contributed by atoms with E-state index in [9.17, 15) is 9.59 Å². The van der Waals surface area contributed by atoms with Crippen molar-refractivity contribution in [2.45, 2.75) is 25.2 Å². The van der Waals surface area contributed by atoms with E-state index in [1.54, 1.807) is 7.11 Å². The average Bonchev–Trinajstić information content (AvgIpc) is 3.32. The molecule has 2 heterocycles. The van der Waals surface area contributed by atoms with Gasteiger partial charge in [0.05, 0.1) is 25.6 Å². The molecule has 0 saturated carbocycles. The maximum Gasteiger partial charge on any atom is 0.249 e. The third-order valence-corrected chi connectivity index (χ3v) is 6.26. The summed E-state index contributed by atoms with van der Waals surface area (Å²) in [6, 6.07) is 26.5. The summed E-state index contributed by atoms with van der Waals surface area (Å²) in [7, 11) is 1.63. The number of rotatable bonds is 6. The quantitative estimate of drug-likeness (QED) is 0.612. The molecule has 5 rings (SSSR count). The van der Waals surface area contributed by atoms with Crippen LogP contribution in [-0.4, -0.2) is 34.9 Å². The summed E-state index contributed by atoms with van der Waals surface area (Å²) in [5.41, 5.74) is 6.44. The zero-order chi connectivity index (χ0) is 22.1. The highest BCUT2D eigenvalue weighted by Crippen LogP contribution is 2.41. The van der Waals surface area contributed by atoms with Crippen molar-refractivity contribution in [3.05, 3.63) is 102 Å². The topological polar surface area (TPSA) is 61.9 Å². The first-order chi connectivity index (χ1) is 15.7. The standard InChI is InChI=1S/C26H25N3O3/c1-32-21-14-12-20(13-15-21)23-22-24(29(27-23)17-19-10-6-3-7-11-19)26(31)28(25(22)30)16-18-8-4-2-5-9-18/h2-15,22-24,27H,16-17H2,1H3/t22-,23-,24-/m0/s1. The lowest BCUT2D eigenvalue weighted by atomic mass is 9.91. The second-order valence-corrected chi connectivity index (χ2v) is 8.21. The molecule has 6 heteroatoms. The van der Waals surface area contributed by atoms with Crippen LogP contribution in [0.4, 0.5) is 0 Å². The van der Waals surface area contributed by atoms with Gasteiger partial charge in [-0.1, -0.05) is 72.8 Å². The van der Waals surface area contributed by atoms with E-state index >= 15 is 0 Å². The largest absolute Gasteiger partial charge is 0.497 e. The zero-order valence-electron chi connectivity index (χ0n) is 17.8. The number of carbonyl (C=O) groups is 2. The van der Waals surface area contributed by atoms with Gasteiger partial charge in [-0.05, 0) is 28.8 Å². The van der Waals surface area contributed by atoms with E-state index < -0.39 is 12.0 Å². The van der Waals surface area contributed by atoms with E-state index in [0.29, 0.717) is 13.1 Å². The number of nitrogens with zero attached hydrogens (tertiary/aromatic N) is 2. The zero-order valence-corrected chi connectivity index (χ0v) is 17.8. The Morgan fingerprint density at radius 3 is 1.97 bits per heavy atom. The van der Waals surface area contributed by atoms with E-state index in [1.807, 2.05) is 89.9 Å². The molecule has 0 aromatic heterocycles. The number of hydrazine groups is 1. The summed E-state index contributed by atoms with van der Waals surface area (Å²) in [6.07, 6.45) is 0. The van der Waals surface area contributed by atoms with Gasteiger partial charge in [-0.15, -0.1) is 0 Å². The van der Waals surface area contributed by atoms with Gasteiger partial charge in [0.15, 0.2) is 0 Å². The minimum absolute atomic E-state index is 0.132. The van der Waals surface area contributed by atoms with Crippen molar-refractivity contribution in [1.82, 2.24) is 15.3 Å². The molecule has 2 fully saturated rings. The van der Waals surface area contributed by atoms with Crippen molar-refractivity contribution in [3.63, 3.8) is 0 Å². The predicted molar refractivity (Wildman–Crippen MR) is 120 cm³/mol. The maximum atomic E-state index is 13.5. The van der Waals surface area contributed by atoms with Crippen LogP contribution in [0.25, 0.3) is 0 Å².